The minimum absolute atomic E-state index is 0.0462. The first kappa shape index (κ1) is 25.0. The lowest BCUT2D eigenvalue weighted by molar-refractivity contribution is -0.128. The van der Waals surface area contributed by atoms with Crippen LogP contribution in [0.5, 0.6) is 23.0 Å². The van der Waals surface area contributed by atoms with Crippen LogP contribution < -0.4 is 28.6 Å². The molecule has 1 amide bonds. The Balaban J connectivity index is 1.40. The molecule has 0 fully saturated rings. The summed E-state index contributed by atoms with van der Waals surface area (Å²) in [5.74, 6) is 1.56. The molecule has 3 aromatic carbocycles. The van der Waals surface area contributed by atoms with Gasteiger partial charge in [-0.3, -0.25) is 9.10 Å². The van der Waals surface area contributed by atoms with Gasteiger partial charge in [0.15, 0.2) is 17.6 Å². The SMILES string of the molecule is COc1ccc(S(=O)(=O)N2C[C@H](C(=O)N[C@H](C)c3ccc4c(c3)OCCO4)Oc3ccc(Cl)cc32)cc1. The van der Waals surface area contributed by atoms with E-state index in [2.05, 4.69) is 5.32 Å². The minimum Gasteiger partial charge on any atom is -0.497 e. The average molecular weight is 545 g/mol. The van der Waals surface area contributed by atoms with E-state index in [9.17, 15) is 13.2 Å². The van der Waals surface area contributed by atoms with Crippen molar-refractivity contribution < 1.29 is 32.2 Å². The van der Waals surface area contributed by atoms with Crippen molar-refractivity contribution in [3.63, 3.8) is 0 Å². The van der Waals surface area contributed by atoms with Crippen LogP contribution in [0.25, 0.3) is 0 Å². The normalized spacial score (nSPS) is 17.3. The third kappa shape index (κ3) is 4.99. The highest BCUT2D eigenvalue weighted by Crippen LogP contribution is 2.39. The highest BCUT2D eigenvalue weighted by molar-refractivity contribution is 7.92. The molecule has 3 aromatic rings. The second kappa shape index (κ2) is 10.0. The lowest BCUT2D eigenvalue weighted by atomic mass is 10.1. The zero-order chi connectivity index (χ0) is 26.2. The molecule has 2 heterocycles. The molecule has 2 aliphatic heterocycles. The van der Waals surface area contributed by atoms with Crippen molar-refractivity contribution in [3.05, 3.63) is 71.2 Å². The summed E-state index contributed by atoms with van der Waals surface area (Å²) in [5.41, 5.74) is 1.07. The van der Waals surface area contributed by atoms with Gasteiger partial charge in [-0.2, -0.15) is 0 Å². The molecule has 5 rings (SSSR count). The predicted octanol–water partition coefficient (Wildman–Crippen LogP) is 3.95. The maximum Gasteiger partial charge on any atom is 0.264 e. The fourth-order valence-corrected chi connectivity index (χ4v) is 5.82. The van der Waals surface area contributed by atoms with Gasteiger partial charge < -0.3 is 24.3 Å². The van der Waals surface area contributed by atoms with E-state index < -0.39 is 28.1 Å². The van der Waals surface area contributed by atoms with Gasteiger partial charge in [0.2, 0.25) is 0 Å². The Morgan fingerprint density at radius 1 is 1.03 bits per heavy atom. The van der Waals surface area contributed by atoms with Crippen molar-refractivity contribution in [2.75, 3.05) is 31.2 Å². The van der Waals surface area contributed by atoms with Crippen molar-refractivity contribution in [1.82, 2.24) is 5.32 Å². The maximum absolute atomic E-state index is 13.6. The molecule has 2 atom stereocenters. The standard InChI is InChI=1S/C26H25ClN2O7S/c1-16(17-3-9-23-24(13-17)35-12-11-34-23)28-26(30)25-15-29(21-14-18(27)4-10-22(21)36-25)37(31,32)20-7-5-19(33-2)6-8-20/h3-10,13-14,16,25H,11-12,15H2,1-2H3,(H,28,30)/t16-,25-/m1/s1. The first-order valence-electron chi connectivity index (χ1n) is 11.6. The number of ether oxygens (including phenoxy) is 4. The highest BCUT2D eigenvalue weighted by atomic mass is 35.5. The Labute approximate surface area is 219 Å². The third-order valence-electron chi connectivity index (χ3n) is 6.16. The molecular formula is C26H25ClN2O7S. The van der Waals surface area contributed by atoms with Crippen molar-refractivity contribution >= 4 is 33.2 Å². The smallest absolute Gasteiger partial charge is 0.264 e. The van der Waals surface area contributed by atoms with Crippen molar-refractivity contribution in [2.24, 2.45) is 0 Å². The predicted molar refractivity (Wildman–Crippen MR) is 137 cm³/mol. The summed E-state index contributed by atoms with van der Waals surface area (Å²) in [5, 5.41) is 3.26. The number of amides is 1. The number of benzene rings is 3. The summed E-state index contributed by atoms with van der Waals surface area (Å²) in [7, 11) is -2.55. The van der Waals surface area contributed by atoms with E-state index in [-0.39, 0.29) is 22.9 Å². The molecule has 1 N–H and O–H groups in total. The Hall–Kier alpha value is -3.63. The summed E-state index contributed by atoms with van der Waals surface area (Å²) < 4.78 is 50.7. The molecule has 0 bridgehead atoms. The molecule has 0 spiro atoms. The van der Waals surface area contributed by atoms with E-state index >= 15 is 0 Å². The fraction of sp³-hybridized carbons (Fsp3) is 0.269. The minimum atomic E-state index is -4.05. The van der Waals surface area contributed by atoms with Gasteiger partial charge in [-0.25, -0.2) is 8.42 Å². The number of nitrogens with one attached hydrogen (secondary N) is 1. The van der Waals surface area contributed by atoms with Gasteiger partial charge in [0.05, 0.1) is 30.3 Å². The number of fused-ring (bicyclic) bond motifs is 2. The topological polar surface area (TPSA) is 103 Å². The zero-order valence-electron chi connectivity index (χ0n) is 20.1. The van der Waals surface area contributed by atoms with E-state index in [1.807, 2.05) is 19.1 Å². The first-order valence-corrected chi connectivity index (χ1v) is 13.4. The summed E-state index contributed by atoms with van der Waals surface area (Å²) in [6.07, 6.45) is -1.10. The van der Waals surface area contributed by atoms with Crippen LogP contribution in [-0.4, -0.2) is 47.3 Å². The van der Waals surface area contributed by atoms with Crippen LogP contribution in [0.4, 0.5) is 5.69 Å². The monoisotopic (exact) mass is 544 g/mol. The van der Waals surface area contributed by atoms with Crippen LogP contribution in [0.15, 0.2) is 65.6 Å². The van der Waals surface area contributed by atoms with Gasteiger partial charge in [-0.1, -0.05) is 17.7 Å². The molecule has 9 nitrogen and oxygen atoms in total. The number of carbonyl (C=O) groups excluding carboxylic acids is 1. The van der Waals surface area contributed by atoms with E-state index in [0.717, 1.165) is 9.87 Å². The Bertz CT molecular complexity index is 1430. The first-order chi connectivity index (χ1) is 17.8. The zero-order valence-corrected chi connectivity index (χ0v) is 21.7. The summed E-state index contributed by atoms with van der Waals surface area (Å²) in [6.45, 7) is 2.53. The average Bonchev–Trinajstić information content (AvgIpc) is 2.92. The van der Waals surface area contributed by atoms with E-state index in [0.29, 0.717) is 35.5 Å². The molecule has 37 heavy (non-hydrogen) atoms. The van der Waals surface area contributed by atoms with Gasteiger partial charge in [0.25, 0.3) is 15.9 Å². The largest absolute Gasteiger partial charge is 0.497 e. The van der Waals surface area contributed by atoms with E-state index in [4.69, 9.17) is 30.5 Å². The number of methoxy groups -OCH3 is 1. The van der Waals surface area contributed by atoms with Crippen molar-refractivity contribution in [1.29, 1.82) is 0 Å². The van der Waals surface area contributed by atoms with Gasteiger partial charge in [0, 0.05) is 5.02 Å². The molecule has 0 aromatic heterocycles. The van der Waals surface area contributed by atoms with Crippen LogP contribution in [0, 0.1) is 0 Å². The molecule has 11 heteroatoms. The summed E-state index contributed by atoms with van der Waals surface area (Å²) in [6, 6.07) is 15.7. The Morgan fingerprint density at radius 3 is 2.46 bits per heavy atom. The molecule has 2 aliphatic rings. The van der Waals surface area contributed by atoms with Crippen LogP contribution in [0.3, 0.4) is 0 Å². The van der Waals surface area contributed by atoms with E-state index in [1.165, 1.54) is 25.3 Å². The van der Waals surface area contributed by atoms with Gasteiger partial charge in [0.1, 0.15) is 24.7 Å². The van der Waals surface area contributed by atoms with E-state index in [1.54, 1.807) is 30.3 Å². The summed E-state index contributed by atoms with van der Waals surface area (Å²) in [4.78, 5) is 13.3. The van der Waals surface area contributed by atoms with Gasteiger partial charge >= 0.3 is 0 Å². The Kier molecular flexibility index (Phi) is 6.78. The van der Waals surface area contributed by atoms with Gasteiger partial charge in [-0.05, 0) is 67.1 Å². The second-order valence-electron chi connectivity index (χ2n) is 8.56. The summed E-state index contributed by atoms with van der Waals surface area (Å²) >= 11 is 6.17. The Morgan fingerprint density at radius 2 is 1.73 bits per heavy atom. The molecule has 0 saturated heterocycles. The van der Waals surface area contributed by atoms with Crippen LogP contribution in [0.1, 0.15) is 18.5 Å². The van der Waals surface area contributed by atoms with Crippen LogP contribution in [0.2, 0.25) is 5.02 Å². The number of halogens is 1. The maximum atomic E-state index is 13.6. The van der Waals surface area contributed by atoms with Crippen molar-refractivity contribution in [2.45, 2.75) is 24.0 Å². The van der Waals surface area contributed by atoms with Crippen LogP contribution >= 0.6 is 11.6 Å². The lowest BCUT2D eigenvalue weighted by Crippen LogP contribution is -2.51. The number of hydrogen-bond donors (Lipinski definition) is 1. The number of anilines is 1. The highest BCUT2D eigenvalue weighted by Gasteiger charge is 2.38. The molecule has 0 unspecified atom stereocenters. The molecule has 0 saturated carbocycles. The number of rotatable bonds is 6. The molecule has 0 radical (unpaired) electrons. The fourth-order valence-electron chi connectivity index (χ4n) is 4.18. The quantitative estimate of drug-likeness (QED) is 0.501. The molecular weight excluding hydrogens is 520 g/mol. The molecule has 0 aliphatic carbocycles. The number of hydrogen-bond acceptors (Lipinski definition) is 7. The lowest BCUT2D eigenvalue weighted by Gasteiger charge is -2.35. The van der Waals surface area contributed by atoms with Crippen molar-refractivity contribution in [3.8, 4) is 23.0 Å². The molecule has 194 valence electrons. The number of sulfonamides is 1. The number of nitrogens with zero attached hydrogens (tertiary/aromatic N) is 1. The second-order valence-corrected chi connectivity index (χ2v) is 10.9. The third-order valence-corrected chi connectivity index (χ3v) is 8.18. The van der Waals surface area contributed by atoms with Gasteiger partial charge in [-0.15, -0.1) is 0 Å². The van der Waals surface area contributed by atoms with Crippen LogP contribution in [-0.2, 0) is 14.8 Å². The number of carbonyl (C=O) groups is 1.